The molecule has 0 saturated heterocycles. The first-order chi connectivity index (χ1) is 10.2. The molecule has 0 aliphatic heterocycles. The molecule has 21 heavy (non-hydrogen) atoms. The molecule has 0 atom stereocenters. The number of hydrogen-bond donors (Lipinski definition) is 1. The predicted octanol–water partition coefficient (Wildman–Crippen LogP) is 3.44. The van der Waals surface area contributed by atoms with E-state index in [0.29, 0.717) is 5.58 Å². The molecule has 2 aromatic heterocycles. The molecular formula is C17H11NO3. The maximum absolute atomic E-state index is 11.8. The van der Waals surface area contributed by atoms with Crippen LogP contribution in [0.15, 0.2) is 70.0 Å². The number of rotatable bonds is 1. The highest BCUT2D eigenvalue weighted by molar-refractivity contribution is 5.90. The van der Waals surface area contributed by atoms with Gasteiger partial charge in [0.1, 0.15) is 11.3 Å². The van der Waals surface area contributed by atoms with Gasteiger partial charge in [-0.1, -0.05) is 12.1 Å². The molecule has 0 amide bonds. The number of hydrogen-bond acceptors (Lipinski definition) is 3. The molecule has 0 aliphatic rings. The molecule has 4 aromatic rings. The van der Waals surface area contributed by atoms with Crippen LogP contribution in [0.1, 0.15) is 0 Å². The van der Waals surface area contributed by atoms with E-state index in [1.807, 2.05) is 41.1 Å². The molecule has 4 nitrogen and oxygen atoms in total. The number of benzene rings is 2. The number of phenols is 1. The molecule has 0 spiro atoms. The average molecular weight is 277 g/mol. The normalized spacial score (nSPS) is 11.2. The molecule has 2 heterocycles. The molecule has 0 bridgehead atoms. The Morgan fingerprint density at radius 1 is 1.00 bits per heavy atom. The lowest BCUT2D eigenvalue weighted by molar-refractivity contribution is 0.476. The number of fused-ring (bicyclic) bond motifs is 2. The van der Waals surface area contributed by atoms with Crippen molar-refractivity contribution in [2.24, 2.45) is 0 Å². The fraction of sp³-hybridized carbons (Fsp3) is 0. The van der Waals surface area contributed by atoms with Crippen LogP contribution in [0.4, 0.5) is 0 Å². The number of aromatic hydroxyl groups is 1. The van der Waals surface area contributed by atoms with Crippen molar-refractivity contribution >= 4 is 21.9 Å². The third kappa shape index (κ3) is 1.80. The minimum Gasteiger partial charge on any atom is -0.508 e. The SMILES string of the molecule is O=c1cc(-n2ccc3cc(O)ccc32)c2ccccc2o1. The zero-order valence-corrected chi connectivity index (χ0v) is 11.0. The van der Waals surface area contributed by atoms with E-state index in [9.17, 15) is 9.90 Å². The highest BCUT2D eigenvalue weighted by atomic mass is 16.4. The van der Waals surface area contributed by atoms with Gasteiger partial charge in [-0.2, -0.15) is 0 Å². The first-order valence-electron chi connectivity index (χ1n) is 6.56. The molecule has 0 saturated carbocycles. The number of nitrogens with zero attached hydrogens (tertiary/aromatic N) is 1. The summed E-state index contributed by atoms with van der Waals surface area (Å²) in [5.74, 6) is 0.220. The Hall–Kier alpha value is -3.01. The summed E-state index contributed by atoms with van der Waals surface area (Å²) in [7, 11) is 0. The molecule has 0 unspecified atom stereocenters. The van der Waals surface area contributed by atoms with E-state index in [0.717, 1.165) is 22.0 Å². The Labute approximate surface area is 119 Å². The fourth-order valence-electron chi connectivity index (χ4n) is 2.63. The van der Waals surface area contributed by atoms with Crippen LogP contribution < -0.4 is 5.63 Å². The lowest BCUT2D eigenvalue weighted by Gasteiger charge is -2.08. The Balaban J connectivity index is 2.11. The van der Waals surface area contributed by atoms with E-state index in [4.69, 9.17) is 4.42 Å². The standard InChI is InChI=1S/C17H11NO3/c19-12-5-6-14-11(9-12)7-8-18(14)15-10-17(20)21-16-4-2-1-3-13(15)16/h1-10,19H. The third-order valence-corrected chi connectivity index (χ3v) is 3.56. The highest BCUT2D eigenvalue weighted by Gasteiger charge is 2.09. The molecule has 4 rings (SSSR count). The van der Waals surface area contributed by atoms with Crippen LogP contribution in [0.2, 0.25) is 0 Å². The van der Waals surface area contributed by atoms with Gasteiger partial charge in [0.25, 0.3) is 0 Å². The minimum absolute atomic E-state index is 0.220. The lowest BCUT2D eigenvalue weighted by Crippen LogP contribution is -2.02. The highest BCUT2D eigenvalue weighted by Crippen LogP contribution is 2.27. The molecule has 4 heteroatoms. The van der Waals surface area contributed by atoms with Crippen molar-refractivity contribution in [3.8, 4) is 11.4 Å². The zero-order valence-electron chi connectivity index (χ0n) is 11.0. The second-order valence-electron chi connectivity index (χ2n) is 4.88. The summed E-state index contributed by atoms with van der Waals surface area (Å²) in [6, 6.07) is 16.0. The number of para-hydroxylation sites is 1. The van der Waals surface area contributed by atoms with Crippen LogP contribution in [0.25, 0.3) is 27.6 Å². The molecule has 0 aliphatic carbocycles. The van der Waals surface area contributed by atoms with Crippen LogP contribution in [0, 0.1) is 0 Å². The van der Waals surface area contributed by atoms with Crippen LogP contribution in [0.3, 0.4) is 0 Å². The van der Waals surface area contributed by atoms with E-state index < -0.39 is 0 Å². The molecule has 0 fully saturated rings. The van der Waals surface area contributed by atoms with Gasteiger partial charge in [0, 0.05) is 23.0 Å². The van der Waals surface area contributed by atoms with E-state index in [2.05, 4.69) is 0 Å². The topological polar surface area (TPSA) is 55.4 Å². The van der Waals surface area contributed by atoms with E-state index >= 15 is 0 Å². The van der Waals surface area contributed by atoms with Crippen LogP contribution >= 0.6 is 0 Å². The summed E-state index contributed by atoms with van der Waals surface area (Å²) in [5, 5.41) is 11.3. The predicted molar refractivity (Wildman–Crippen MR) is 81.0 cm³/mol. The number of phenolic OH excluding ortho intramolecular Hbond substituents is 1. The molecular weight excluding hydrogens is 266 g/mol. The fourth-order valence-corrected chi connectivity index (χ4v) is 2.63. The maximum atomic E-state index is 11.8. The summed E-state index contributed by atoms with van der Waals surface area (Å²) in [6.45, 7) is 0. The summed E-state index contributed by atoms with van der Waals surface area (Å²) in [6.07, 6.45) is 1.88. The second kappa shape index (κ2) is 4.24. The van der Waals surface area contributed by atoms with Gasteiger partial charge in [0.2, 0.25) is 0 Å². The van der Waals surface area contributed by atoms with Crippen molar-refractivity contribution < 1.29 is 9.52 Å². The van der Waals surface area contributed by atoms with Crippen LogP contribution in [-0.4, -0.2) is 9.67 Å². The Bertz CT molecular complexity index is 1030. The first kappa shape index (κ1) is 11.8. The van der Waals surface area contributed by atoms with Gasteiger partial charge >= 0.3 is 5.63 Å². The van der Waals surface area contributed by atoms with Gasteiger partial charge in [-0.15, -0.1) is 0 Å². The molecule has 2 aromatic carbocycles. The molecule has 1 N–H and O–H groups in total. The van der Waals surface area contributed by atoms with Crippen molar-refractivity contribution in [3.05, 3.63) is 71.2 Å². The first-order valence-corrected chi connectivity index (χ1v) is 6.56. The average Bonchev–Trinajstić information content (AvgIpc) is 2.89. The van der Waals surface area contributed by atoms with E-state index in [-0.39, 0.29) is 11.4 Å². The Morgan fingerprint density at radius 2 is 1.86 bits per heavy atom. The lowest BCUT2D eigenvalue weighted by atomic mass is 10.2. The van der Waals surface area contributed by atoms with Crippen LogP contribution in [0.5, 0.6) is 5.75 Å². The van der Waals surface area contributed by atoms with Crippen molar-refractivity contribution in [1.29, 1.82) is 0 Å². The minimum atomic E-state index is -0.385. The Morgan fingerprint density at radius 3 is 2.76 bits per heavy atom. The second-order valence-corrected chi connectivity index (χ2v) is 4.88. The van der Waals surface area contributed by atoms with Gasteiger partial charge in [0.15, 0.2) is 0 Å². The zero-order chi connectivity index (χ0) is 14.4. The van der Waals surface area contributed by atoms with Gasteiger partial charge < -0.3 is 14.1 Å². The van der Waals surface area contributed by atoms with Crippen molar-refractivity contribution in [3.63, 3.8) is 0 Å². The van der Waals surface area contributed by atoms with Crippen molar-refractivity contribution in [1.82, 2.24) is 4.57 Å². The van der Waals surface area contributed by atoms with Gasteiger partial charge in [-0.05, 0) is 36.4 Å². The summed E-state index contributed by atoms with van der Waals surface area (Å²) in [4.78, 5) is 11.8. The summed E-state index contributed by atoms with van der Waals surface area (Å²) in [5.41, 5.74) is 1.86. The maximum Gasteiger partial charge on any atom is 0.338 e. The van der Waals surface area contributed by atoms with Gasteiger partial charge in [-0.3, -0.25) is 0 Å². The van der Waals surface area contributed by atoms with Crippen molar-refractivity contribution in [2.75, 3.05) is 0 Å². The third-order valence-electron chi connectivity index (χ3n) is 3.56. The van der Waals surface area contributed by atoms with Crippen molar-refractivity contribution in [2.45, 2.75) is 0 Å². The van der Waals surface area contributed by atoms with Crippen LogP contribution in [-0.2, 0) is 0 Å². The molecule has 102 valence electrons. The number of aromatic nitrogens is 1. The van der Waals surface area contributed by atoms with Gasteiger partial charge in [0.05, 0.1) is 11.2 Å². The largest absolute Gasteiger partial charge is 0.508 e. The summed E-state index contributed by atoms with van der Waals surface area (Å²) < 4.78 is 7.15. The molecule has 0 radical (unpaired) electrons. The quantitative estimate of drug-likeness (QED) is 0.542. The Kier molecular flexibility index (Phi) is 2.38. The smallest absolute Gasteiger partial charge is 0.338 e. The monoisotopic (exact) mass is 277 g/mol. The van der Waals surface area contributed by atoms with E-state index in [1.54, 1.807) is 18.2 Å². The summed E-state index contributed by atoms with van der Waals surface area (Å²) >= 11 is 0. The van der Waals surface area contributed by atoms with Gasteiger partial charge in [-0.25, -0.2) is 4.79 Å². The van der Waals surface area contributed by atoms with E-state index in [1.165, 1.54) is 6.07 Å².